The molecule has 3 aromatic rings. The van der Waals surface area contributed by atoms with E-state index in [4.69, 9.17) is 5.73 Å². The molecule has 6 heteroatoms. The van der Waals surface area contributed by atoms with E-state index < -0.39 is 0 Å². The fourth-order valence-corrected chi connectivity index (χ4v) is 4.50. The number of hydrogen-bond donors (Lipinski definition) is 2. The van der Waals surface area contributed by atoms with Gasteiger partial charge in [0.25, 0.3) is 0 Å². The monoisotopic (exact) mass is 394 g/mol. The van der Waals surface area contributed by atoms with Crippen molar-refractivity contribution in [2.75, 3.05) is 12.3 Å². The van der Waals surface area contributed by atoms with Crippen LogP contribution >= 0.6 is 11.3 Å². The quantitative estimate of drug-likeness (QED) is 0.642. The lowest BCUT2D eigenvalue weighted by atomic mass is 9.89. The van der Waals surface area contributed by atoms with Crippen LogP contribution in [0.3, 0.4) is 0 Å². The van der Waals surface area contributed by atoms with Crippen molar-refractivity contribution in [3.63, 3.8) is 0 Å². The minimum atomic E-state index is 0.0984. The molecule has 0 unspecified atom stereocenters. The summed E-state index contributed by atoms with van der Waals surface area (Å²) in [6.45, 7) is 0.807. The number of anilines is 1. The number of carbonyl (C=O) groups excluding carboxylic acids is 1. The Bertz CT molecular complexity index is 949. The molecule has 0 spiro atoms. The van der Waals surface area contributed by atoms with E-state index >= 15 is 0 Å². The summed E-state index contributed by atoms with van der Waals surface area (Å²) in [5, 5.41) is 6.16. The number of aromatic nitrogens is 2. The zero-order valence-corrected chi connectivity index (χ0v) is 16.8. The van der Waals surface area contributed by atoms with E-state index in [1.54, 1.807) is 11.3 Å². The minimum Gasteiger partial charge on any atom is -0.383 e. The van der Waals surface area contributed by atoms with Crippen LogP contribution < -0.4 is 11.1 Å². The smallest absolute Gasteiger partial charge is 0.220 e. The Balaban J connectivity index is 1.41. The third-order valence-electron chi connectivity index (χ3n) is 5.59. The number of aryl methyl sites for hydroxylation is 1. The van der Waals surface area contributed by atoms with Crippen molar-refractivity contribution in [3.8, 4) is 11.3 Å². The predicted octanol–water partition coefficient (Wildman–Crippen LogP) is 4.57. The standard InChI is InChI=1S/C22H26N4OS/c23-22-17(7-9-21(27)24-12-15-4-2-1-3-5-15)11-18-10-16(6-8-19(18)26-22)20-13-28-14-25-20/h6,8,10-11,13-15H,1-5,7,9,12H2,(H2,23,26)(H,24,27). The summed E-state index contributed by atoms with van der Waals surface area (Å²) in [6, 6.07) is 8.13. The van der Waals surface area contributed by atoms with Crippen molar-refractivity contribution in [2.24, 2.45) is 5.92 Å². The molecule has 1 amide bonds. The first-order valence-corrected chi connectivity index (χ1v) is 11.0. The van der Waals surface area contributed by atoms with Crippen molar-refractivity contribution in [2.45, 2.75) is 44.9 Å². The number of fused-ring (bicyclic) bond motifs is 1. The molecule has 0 saturated heterocycles. The molecule has 146 valence electrons. The Labute approximate surface area is 169 Å². The Morgan fingerprint density at radius 2 is 2.07 bits per heavy atom. The number of thiazole rings is 1. The maximum atomic E-state index is 12.3. The second-order valence-electron chi connectivity index (χ2n) is 7.62. The molecule has 3 N–H and O–H groups in total. The molecule has 1 aromatic carbocycles. The van der Waals surface area contributed by atoms with Gasteiger partial charge < -0.3 is 11.1 Å². The Morgan fingerprint density at radius 3 is 2.86 bits per heavy atom. The lowest BCUT2D eigenvalue weighted by Crippen LogP contribution is -2.30. The molecule has 1 fully saturated rings. The molecule has 28 heavy (non-hydrogen) atoms. The molecule has 1 saturated carbocycles. The van der Waals surface area contributed by atoms with Gasteiger partial charge in [-0.15, -0.1) is 11.3 Å². The van der Waals surface area contributed by atoms with E-state index in [9.17, 15) is 4.79 Å². The molecule has 1 aliphatic rings. The van der Waals surface area contributed by atoms with Crippen LogP contribution in [0.2, 0.25) is 0 Å². The van der Waals surface area contributed by atoms with Gasteiger partial charge in [-0.2, -0.15) is 0 Å². The number of hydrogen-bond acceptors (Lipinski definition) is 5. The highest BCUT2D eigenvalue weighted by Gasteiger charge is 2.15. The number of nitrogens with zero attached hydrogens (tertiary/aromatic N) is 2. The van der Waals surface area contributed by atoms with E-state index in [1.807, 2.05) is 23.0 Å². The SMILES string of the molecule is Nc1nc2ccc(-c3cscn3)cc2cc1CCC(=O)NCC1CCCCC1. The largest absolute Gasteiger partial charge is 0.383 e. The molecule has 5 nitrogen and oxygen atoms in total. The van der Waals surface area contributed by atoms with Crippen molar-refractivity contribution in [1.29, 1.82) is 0 Å². The highest BCUT2D eigenvalue weighted by Crippen LogP contribution is 2.26. The summed E-state index contributed by atoms with van der Waals surface area (Å²) in [4.78, 5) is 21.2. The van der Waals surface area contributed by atoms with E-state index in [0.29, 0.717) is 24.6 Å². The van der Waals surface area contributed by atoms with Gasteiger partial charge in [0.05, 0.1) is 16.7 Å². The number of benzene rings is 1. The Morgan fingerprint density at radius 1 is 1.21 bits per heavy atom. The van der Waals surface area contributed by atoms with Crippen molar-refractivity contribution in [3.05, 3.63) is 40.7 Å². The molecule has 1 aliphatic carbocycles. The van der Waals surface area contributed by atoms with Crippen molar-refractivity contribution in [1.82, 2.24) is 15.3 Å². The Hall–Kier alpha value is -2.47. The Kier molecular flexibility index (Phi) is 5.86. The summed E-state index contributed by atoms with van der Waals surface area (Å²) in [5.74, 6) is 1.25. The predicted molar refractivity (Wildman–Crippen MR) is 115 cm³/mol. The van der Waals surface area contributed by atoms with Gasteiger partial charge in [-0.3, -0.25) is 4.79 Å². The highest BCUT2D eigenvalue weighted by atomic mass is 32.1. The summed E-state index contributed by atoms with van der Waals surface area (Å²) < 4.78 is 0. The molecule has 0 radical (unpaired) electrons. The number of nitrogen functional groups attached to an aromatic ring is 1. The van der Waals surface area contributed by atoms with Crippen LogP contribution in [0, 0.1) is 5.92 Å². The number of pyridine rings is 1. The van der Waals surface area contributed by atoms with Gasteiger partial charge in [0, 0.05) is 29.3 Å². The summed E-state index contributed by atoms with van der Waals surface area (Å²) in [7, 11) is 0. The van der Waals surface area contributed by atoms with Gasteiger partial charge in [-0.25, -0.2) is 9.97 Å². The van der Waals surface area contributed by atoms with Crippen LogP contribution in [0.15, 0.2) is 35.2 Å². The molecule has 0 atom stereocenters. The van der Waals surface area contributed by atoms with E-state index in [-0.39, 0.29) is 5.91 Å². The summed E-state index contributed by atoms with van der Waals surface area (Å²) in [6.07, 6.45) is 7.45. The zero-order chi connectivity index (χ0) is 19.3. The lowest BCUT2D eigenvalue weighted by Gasteiger charge is -2.21. The second-order valence-corrected chi connectivity index (χ2v) is 8.34. The fourth-order valence-electron chi connectivity index (χ4n) is 3.94. The average molecular weight is 395 g/mol. The van der Waals surface area contributed by atoms with Crippen molar-refractivity contribution >= 4 is 34.0 Å². The first kappa shape index (κ1) is 18.9. The van der Waals surface area contributed by atoms with E-state index in [0.717, 1.165) is 34.3 Å². The zero-order valence-electron chi connectivity index (χ0n) is 16.0. The maximum absolute atomic E-state index is 12.3. The first-order chi connectivity index (χ1) is 13.7. The molecular weight excluding hydrogens is 368 g/mol. The highest BCUT2D eigenvalue weighted by molar-refractivity contribution is 7.07. The van der Waals surface area contributed by atoms with Crippen LogP contribution in [0.5, 0.6) is 0 Å². The number of rotatable bonds is 6. The number of carbonyl (C=O) groups is 1. The van der Waals surface area contributed by atoms with E-state index in [2.05, 4.69) is 27.4 Å². The van der Waals surface area contributed by atoms with Gasteiger partial charge in [0.1, 0.15) is 5.82 Å². The van der Waals surface area contributed by atoms with Crippen LogP contribution in [0.1, 0.15) is 44.1 Å². The summed E-state index contributed by atoms with van der Waals surface area (Å²) in [5.41, 5.74) is 11.8. The minimum absolute atomic E-state index is 0.0984. The van der Waals surface area contributed by atoms with Gasteiger partial charge in [-0.05, 0) is 48.9 Å². The third-order valence-corrected chi connectivity index (χ3v) is 6.18. The average Bonchev–Trinajstić information content (AvgIpc) is 3.26. The first-order valence-electron chi connectivity index (χ1n) is 10.0. The van der Waals surface area contributed by atoms with Crippen LogP contribution in [-0.2, 0) is 11.2 Å². The molecule has 4 rings (SSSR count). The number of nitrogens with two attached hydrogens (primary N) is 1. The number of nitrogens with one attached hydrogen (secondary N) is 1. The molecule has 2 aromatic heterocycles. The molecule has 2 heterocycles. The topological polar surface area (TPSA) is 80.9 Å². The van der Waals surface area contributed by atoms with Gasteiger partial charge in [0.15, 0.2) is 0 Å². The van der Waals surface area contributed by atoms with Crippen LogP contribution in [0.4, 0.5) is 5.82 Å². The fraction of sp³-hybridized carbons (Fsp3) is 0.409. The van der Waals surface area contributed by atoms with E-state index in [1.165, 1.54) is 32.1 Å². The van der Waals surface area contributed by atoms with Gasteiger partial charge in [-0.1, -0.05) is 25.3 Å². The van der Waals surface area contributed by atoms with Crippen LogP contribution in [-0.4, -0.2) is 22.4 Å². The second kappa shape index (κ2) is 8.69. The molecular formula is C22H26N4OS. The van der Waals surface area contributed by atoms with Gasteiger partial charge in [0.2, 0.25) is 5.91 Å². The summed E-state index contributed by atoms with van der Waals surface area (Å²) >= 11 is 1.58. The molecule has 0 aliphatic heterocycles. The third kappa shape index (κ3) is 4.50. The number of amides is 1. The van der Waals surface area contributed by atoms with Crippen molar-refractivity contribution < 1.29 is 4.79 Å². The van der Waals surface area contributed by atoms with Gasteiger partial charge >= 0.3 is 0 Å². The molecule has 0 bridgehead atoms. The maximum Gasteiger partial charge on any atom is 0.220 e. The normalized spacial score (nSPS) is 15.0. The lowest BCUT2D eigenvalue weighted by molar-refractivity contribution is -0.121. The van der Waals surface area contributed by atoms with Crippen LogP contribution in [0.25, 0.3) is 22.2 Å².